The molecule has 0 saturated carbocycles. The lowest BCUT2D eigenvalue weighted by atomic mass is 10.1. The van der Waals surface area contributed by atoms with E-state index in [0.29, 0.717) is 0 Å². The molecule has 1 atom stereocenters. The van der Waals surface area contributed by atoms with Gasteiger partial charge in [0.2, 0.25) is 5.91 Å². The van der Waals surface area contributed by atoms with Crippen molar-refractivity contribution in [2.24, 2.45) is 0 Å². The summed E-state index contributed by atoms with van der Waals surface area (Å²) in [6, 6.07) is -0.989. The molecule has 1 aromatic rings. The molecule has 0 bridgehead atoms. The number of carbonyl (C=O) groups is 2. The summed E-state index contributed by atoms with van der Waals surface area (Å²) in [5.74, 6) is -1.72. The van der Waals surface area contributed by atoms with Gasteiger partial charge in [-0.25, -0.2) is 14.5 Å². The zero-order valence-electron chi connectivity index (χ0n) is 15.3. The van der Waals surface area contributed by atoms with Crippen molar-refractivity contribution in [3.63, 3.8) is 0 Å². The number of aromatic nitrogens is 3. The molecule has 0 fully saturated rings. The van der Waals surface area contributed by atoms with Crippen LogP contribution in [0.1, 0.15) is 44.9 Å². The maximum Gasteiger partial charge on any atom is 0.453 e. The lowest BCUT2D eigenvalue weighted by molar-refractivity contribution is -0.145. The van der Waals surface area contributed by atoms with Crippen LogP contribution in [0, 0.1) is 0 Å². The molecule has 0 N–H and O–H groups in total. The molecule has 0 aliphatic carbocycles. The molecule has 0 radical (unpaired) electrons. The minimum absolute atomic E-state index is 0.0321. The molecular weight excluding hydrogens is 355 g/mol. The summed E-state index contributed by atoms with van der Waals surface area (Å²) in [7, 11) is 3.05. The van der Waals surface area contributed by atoms with Crippen LogP contribution in [0.2, 0.25) is 0 Å². The van der Waals surface area contributed by atoms with Gasteiger partial charge in [0.1, 0.15) is 11.6 Å². The van der Waals surface area contributed by atoms with Crippen molar-refractivity contribution in [2.45, 2.75) is 51.6 Å². The van der Waals surface area contributed by atoms with Crippen LogP contribution in [0.4, 0.5) is 18.0 Å². The highest BCUT2D eigenvalue weighted by molar-refractivity contribution is 5.77. The largest absolute Gasteiger partial charge is 0.453 e. The third kappa shape index (κ3) is 4.44. The van der Waals surface area contributed by atoms with E-state index in [1.54, 1.807) is 20.8 Å². The van der Waals surface area contributed by atoms with Crippen molar-refractivity contribution in [2.75, 3.05) is 20.6 Å². The van der Waals surface area contributed by atoms with Crippen molar-refractivity contribution in [1.29, 1.82) is 0 Å². The van der Waals surface area contributed by atoms with Crippen LogP contribution in [0.25, 0.3) is 0 Å². The molecule has 0 spiro atoms. The quantitative estimate of drug-likeness (QED) is 0.788. The molecule has 0 aromatic carbocycles. The summed E-state index contributed by atoms with van der Waals surface area (Å²) < 4.78 is 45.3. The topological polar surface area (TPSA) is 80.6 Å². The maximum atomic E-state index is 13.0. The predicted octanol–water partition coefficient (Wildman–Crippen LogP) is 2.07. The Morgan fingerprint density at radius 3 is 2.35 bits per heavy atom. The Hall–Kier alpha value is -2.33. The molecule has 8 nitrogen and oxygen atoms in total. The second-order valence-electron chi connectivity index (χ2n) is 7.20. The molecule has 26 heavy (non-hydrogen) atoms. The first kappa shape index (κ1) is 20.0. The van der Waals surface area contributed by atoms with E-state index in [1.165, 1.54) is 23.9 Å². The number of fused-ring (bicyclic) bond motifs is 1. The van der Waals surface area contributed by atoms with E-state index in [-0.39, 0.29) is 31.2 Å². The molecule has 146 valence electrons. The Morgan fingerprint density at radius 2 is 1.85 bits per heavy atom. The van der Waals surface area contributed by atoms with Crippen LogP contribution in [0.3, 0.4) is 0 Å². The highest BCUT2D eigenvalue weighted by Gasteiger charge is 2.42. The van der Waals surface area contributed by atoms with Crippen molar-refractivity contribution in [3.05, 3.63) is 11.6 Å². The van der Waals surface area contributed by atoms with Crippen molar-refractivity contribution in [3.8, 4) is 0 Å². The Morgan fingerprint density at radius 1 is 1.23 bits per heavy atom. The molecule has 1 aliphatic rings. The first-order chi connectivity index (χ1) is 11.8. The molecular formula is C15H22F3N5O3. The van der Waals surface area contributed by atoms with Crippen molar-refractivity contribution >= 4 is 12.0 Å². The molecule has 2 heterocycles. The van der Waals surface area contributed by atoms with Gasteiger partial charge in [0.25, 0.3) is 5.82 Å². The number of nitrogens with zero attached hydrogens (tertiary/aromatic N) is 5. The normalized spacial score (nSPS) is 17.7. The van der Waals surface area contributed by atoms with Gasteiger partial charge in [-0.2, -0.15) is 13.2 Å². The van der Waals surface area contributed by atoms with E-state index in [9.17, 15) is 22.8 Å². The van der Waals surface area contributed by atoms with Gasteiger partial charge in [-0.05, 0) is 20.8 Å². The lowest BCUT2D eigenvalue weighted by Gasteiger charge is -2.36. The van der Waals surface area contributed by atoms with E-state index >= 15 is 0 Å². The van der Waals surface area contributed by atoms with Gasteiger partial charge in [0.05, 0.1) is 13.0 Å². The fraction of sp³-hybridized carbons (Fsp3) is 0.733. The predicted molar refractivity (Wildman–Crippen MR) is 84.0 cm³/mol. The van der Waals surface area contributed by atoms with Gasteiger partial charge in [-0.15, -0.1) is 5.10 Å². The van der Waals surface area contributed by atoms with Crippen LogP contribution in [-0.2, 0) is 22.3 Å². The number of halogens is 3. The summed E-state index contributed by atoms with van der Waals surface area (Å²) in [5, 5.41) is 3.47. The van der Waals surface area contributed by atoms with Crippen LogP contribution in [0.15, 0.2) is 0 Å². The average molecular weight is 377 g/mol. The van der Waals surface area contributed by atoms with E-state index in [1.807, 2.05) is 0 Å². The number of amides is 2. The maximum absolute atomic E-state index is 13.0. The summed E-state index contributed by atoms with van der Waals surface area (Å²) >= 11 is 0. The lowest BCUT2D eigenvalue weighted by Crippen LogP contribution is -2.46. The van der Waals surface area contributed by atoms with E-state index < -0.39 is 29.7 Å². The number of ether oxygens (including phenoxy) is 1. The first-order valence-electron chi connectivity index (χ1n) is 8.01. The zero-order valence-corrected chi connectivity index (χ0v) is 15.3. The van der Waals surface area contributed by atoms with Gasteiger partial charge < -0.3 is 9.64 Å². The van der Waals surface area contributed by atoms with Gasteiger partial charge in [-0.3, -0.25) is 9.69 Å². The third-order valence-corrected chi connectivity index (χ3v) is 3.68. The molecule has 0 saturated heterocycles. The fourth-order valence-corrected chi connectivity index (χ4v) is 2.47. The van der Waals surface area contributed by atoms with E-state index in [0.717, 1.165) is 4.68 Å². The van der Waals surface area contributed by atoms with Crippen LogP contribution >= 0.6 is 0 Å². The fourth-order valence-electron chi connectivity index (χ4n) is 2.47. The minimum Gasteiger partial charge on any atom is -0.444 e. The molecule has 11 heteroatoms. The first-order valence-corrected chi connectivity index (χ1v) is 8.01. The zero-order chi connectivity index (χ0) is 19.9. The Bertz CT molecular complexity index is 694. The molecule has 1 unspecified atom stereocenters. The smallest absolute Gasteiger partial charge is 0.444 e. The van der Waals surface area contributed by atoms with Gasteiger partial charge >= 0.3 is 12.3 Å². The number of alkyl halides is 3. The molecule has 1 aliphatic heterocycles. The number of carbonyl (C=O) groups excluding carboxylic acids is 2. The van der Waals surface area contributed by atoms with Crippen LogP contribution in [-0.4, -0.2) is 62.8 Å². The van der Waals surface area contributed by atoms with Crippen molar-refractivity contribution < 1.29 is 27.5 Å². The summed E-state index contributed by atoms with van der Waals surface area (Å²) in [5.41, 5.74) is -0.782. The number of hydrogen-bond donors (Lipinski definition) is 0. The third-order valence-electron chi connectivity index (χ3n) is 3.68. The standard InChI is InChI=1S/C15H22F3N5O3/c1-14(2,3)26-13(25)22-6-7-23-11(9(22)8-10(24)21(4)5)19-12(20-23)15(16,17)18/h9H,6-8H2,1-5H3. The summed E-state index contributed by atoms with van der Waals surface area (Å²) in [6.45, 7) is 5.13. The number of rotatable bonds is 2. The Kier molecular flexibility index (Phi) is 5.20. The van der Waals surface area contributed by atoms with Crippen LogP contribution in [0.5, 0.6) is 0 Å². The highest BCUT2D eigenvalue weighted by atomic mass is 19.4. The highest BCUT2D eigenvalue weighted by Crippen LogP contribution is 2.33. The van der Waals surface area contributed by atoms with Crippen molar-refractivity contribution in [1.82, 2.24) is 24.6 Å². The molecule has 1 aromatic heterocycles. The van der Waals surface area contributed by atoms with Gasteiger partial charge in [0, 0.05) is 20.6 Å². The molecule has 2 rings (SSSR count). The monoisotopic (exact) mass is 377 g/mol. The Balaban J connectivity index is 2.39. The summed E-state index contributed by atoms with van der Waals surface area (Å²) in [6.07, 6.45) is -5.64. The van der Waals surface area contributed by atoms with Gasteiger partial charge in [-0.1, -0.05) is 0 Å². The second-order valence-corrected chi connectivity index (χ2v) is 7.20. The average Bonchev–Trinajstić information content (AvgIpc) is 2.89. The SMILES string of the molecule is CN(C)C(=O)CC1c2nc(C(F)(F)F)nn2CCN1C(=O)OC(C)(C)C. The van der Waals surface area contributed by atoms with E-state index in [2.05, 4.69) is 10.1 Å². The molecule has 2 amide bonds. The summed E-state index contributed by atoms with van der Waals surface area (Å²) in [4.78, 5) is 30.7. The van der Waals surface area contributed by atoms with E-state index in [4.69, 9.17) is 4.74 Å². The minimum atomic E-state index is -4.71. The second kappa shape index (κ2) is 6.76. The van der Waals surface area contributed by atoms with Crippen LogP contribution < -0.4 is 0 Å². The van der Waals surface area contributed by atoms with Gasteiger partial charge in [0.15, 0.2) is 5.82 Å². The number of hydrogen-bond acceptors (Lipinski definition) is 5. The Labute approximate surface area is 148 Å².